The molecule has 0 unspecified atom stereocenters. The summed E-state index contributed by atoms with van der Waals surface area (Å²) in [6.07, 6.45) is 3.66. The van der Waals surface area contributed by atoms with Crippen LogP contribution in [0.15, 0.2) is 65.5 Å². The highest BCUT2D eigenvalue weighted by atomic mass is 16.3. The smallest absolute Gasteiger partial charge is 0.251 e. The minimum Gasteiger partial charge on any atom is -0.508 e. The number of aromatic hydroxyl groups is 1. The van der Waals surface area contributed by atoms with E-state index in [1.807, 2.05) is 18.2 Å². The van der Waals surface area contributed by atoms with Crippen molar-refractivity contribution >= 4 is 5.91 Å². The predicted octanol–water partition coefficient (Wildman–Crippen LogP) is 3.02. The molecule has 5 heteroatoms. The van der Waals surface area contributed by atoms with Crippen LogP contribution in [0.5, 0.6) is 5.75 Å². The summed E-state index contributed by atoms with van der Waals surface area (Å²) in [4.78, 5) is 16.0. The summed E-state index contributed by atoms with van der Waals surface area (Å²) in [5.41, 5.74) is 2.44. The third-order valence-electron chi connectivity index (χ3n) is 3.47. The molecule has 0 bridgehead atoms. The lowest BCUT2D eigenvalue weighted by molar-refractivity contribution is 0.0954. The lowest BCUT2D eigenvalue weighted by Gasteiger charge is -2.06. The van der Waals surface area contributed by atoms with E-state index < -0.39 is 0 Å². The number of hydrogen-bond acceptors (Lipinski definition) is 4. The van der Waals surface area contributed by atoms with Crippen molar-refractivity contribution in [3.63, 3.8) is 0 Å². The van der Waals surface area contributed by atoms with Gasteiger partial charge in [-0.15, -0.1) is 0 Å². The van der Waals surface area contributed by atoms with Gasteiger partial charge in [-0.05, 0) is 36.2 Å². The molecule has 116 valence electrons. The fraction of sp³-hybridized carbons (Fsp3) is 0.111. The van der Waals surface area contributed by atoms with Gasteiger partial charge in [0.05, 0.1) is 6.20 Å². The van der Waals surface area contributed by atoms with Gasteiger partial charge in [-0.1, -0.05) is 24.3 Å². The third kappa shape index (κ3) is 3.77. The summed E-state index contributed by atoms with van der Waals surface area (Å²) in [6.45, 7) is 0.506. The number of nitrogens with one attached hydrogen (secondary N) is 1. The quantitative estimate of drug-likeness (QED) is 0.759. The third-order valence-corrected chi connectivity index (χ3v) is 3.47. The van der Waals surface area contributed by atoms with E-state index in [2.05, 4.69) is 10.3 Å². The summed E-state index contributed by atoms with van der Waals surface area (Å²) in [6, 6.07) is 14.2. The molecule has 3 aromatic rings. The Balaban J connectivity index is 1.56. The van der Waals surface area contributed by atoms with E-state index in [9.17, 15) is 9.90 Å². The number of aromatic nitrogens is 1. The molecule has 0 atom stereocenters. The molecule has 3 rings (SSSR count). The molecule has 23 heavy (non-hydrogen) atoms. The number of carbonyl (C=O) groups excluding carboxylic acids is 1. The number of amides is 1. The summed E-state index contributed by atoms with van der Waals surface area (Å²) in [7, 11) is 0. The zero-order valence-corrected chi connectivity index (χ0v) is 12.4. The SMILES string of the molecule is O=C(NCCc1cccc(O)c1)c1ccc(-c2cnco2)cc1. The summed E-state index contributed by atoms with van der Waals surface area (Å²) < 4.78 is 5.21. The minimum atomic E-state index is -0.130. The lowest BCUT2D eigenvalue weighted by atomic mass is 10.1. The second-order valence-corrected chi connectivity index (χ2v) is 5.12. The largest absolute Gasteiger partial charge is 0.508 e. The Morgan fingerprint density at radius 2 is 2.00 bits per heavy atom. The Morgan fingerprint density at radius 1 is 1.17 bits per heavy atom. The molecular weight excluding hydrogens is 292 g/mol. The van der Waals surface area contributed by atoms with Crippen molar-refractivity contribution in [2.75, 3.05) is 6.54 Å². The first-order chi connectivity index (χ1) is 11.2. The van der Waals surface area contributed by atoms with Crippen LogP contribution in [0.2, 0.25) is 0 Å². The molecule has 2 N–H and O–H groups in total. The maximum atomic E-state index is 12.1. The molecule has 0 aliphatic carbocycles. The van der Waals surface area contributed by atoms with Crippen LogP contribution in [0, 0.1) is 0 Å². The molecule has 1 aromatic heterocycles. The van der Waals surface area contributed by atoms with Crippen LogP contribution in [0.4, 0.5) is 0 Å². The van der Waals surface area contributed by atoms with Gasteiger partial charge >= 0.3 is 0 Å². The average molecular weight is 308 g/mol. The molecule has 0 saturated carbocycles. The Morgan fingerprint density at radius 3 is 2.70 bits per heavy atom. The Kier molecular flexibility index (Phi) is 4.38. The normalized spacial score (nSPS) is 10.4. The first-order valence-electron chi connectivity index (χ1n) is 7.27. The number of nitrogens with zero attached hydrogens (tertiary/aromatic N) is 1. The van der Waals surface area contributed by atoms with E-state index in [-0.39, 0.29) is 11.7 Å². The van der Waals surface area contributed by atoms with Crippen molar-refractivity contribution in [1.82, 2.24) is 10.3 Å². The summed E-state index contributed by atoms with van der Waals surface area (Å²) in [5, 5.41) is 12.3. The van der Waals surface area contributed by atoms with Crippen molar-refractivity contribution in [1.29, 1.82) is 0 Å². The van der Waals surface area contributed by atoms with Gasteiger partial charge in [0.15, 0.2) is 12.2 Å². The van der Waals surface area contributed by atoms with Crippen LogP contribution >= 0.6 is 0 Å². The van der Waals surface area contributed by atoms with Gasteiger partial charge in [-0.25, -0.2) is 4.98 Å². The number of oxazole rings is 1. The van der Waals surface area contributed by atoms with Crippen LogP contribution in [0.3, 0.4) is 0 Å². The highest BCUT2D eigenvalue weighted by Gasteiger charge is 2.07. The molecule has 0 spiro atoms. The van der Waals surface area contributed by atoms with E-state index in [0.717, 1.165) is 11.1 Å². The number of rotatable bonds is 5. The second kappa shape index (κ2) is 6.79. The van der Waals surface area contributed by atoms with Gasteiger partial charge in [-0.3, -0.25) is 4.79 Å². The molecule has 2 aromatic carbocycles. The van der Waals surface area contributed by atoms with E-state index >= 15 is 0 Å². The lowest BCUT2D eigenvalue weighted by Crippen LogP contribution is -2.25. The summed E-state index contributed by atoms with van der Waals surface area (Å²) in [5.74, 6) is 0.770. The summed E-state index contributed by atoms with van der Waals surface area (Å²) >= 11 is 0. The van der Waals surface area contributed by atoms with Crippen molar-refractivity contribution in [2.45, 2.75) is 6.42 Å². The maximum absolute atomic E-state index is 12.1. The van der Waals surface area contributed by atoms with E-state index in [1.165, 1.54) is 6.39 Å². The molecule has 0 fully saturated rings. The number of phenols is 1. The van der Waals surface area contributed by atoms with E-state index in [0.29, 0.717) is 24.3 Å². The molecule has 0 saturated heterocycles. The van der Waals surface area contributed by atoms with Gasteiger partial charge in [0.25, 0.3) is 5.91 Å². The topological polar surface area (TPSA) is 75.4 Å². The van der Waals surface area contributed by atoms with E-state index in [4.69, 9.17) is 4.42 Å². The molecule has 5 nitrogen and oxygen atoms in total. The molecule has 0 radical (unpaired) electrons. The van der Waals surface area contributed by atoms with Gasteiger partial charge < -0.3 is 14.8 Å². The zero-order chi connectivity index (χ0) is 16.1. The molecule has 1 heterocycles. The predicted molar refractivity (Wildman–Crippen MR) is 86.1 cm³/mol. The molecular formula is C18H16N2O3. The zero-order valence-electron chi connectivity index (χ0n) is 12.4. The van der Waals surface area contributed by atoms with Gasteiger partial charge in [0.2, 0.25) is 0 Å². The molecule has 0 aliphatic rings. The van der Waals surface area contributed by atoms with Gasteiger partial charge in [-0.2, -0.15) is 0 Å². The van der Waals surface area contributed by atoms with Crippen molar-refractivity contribution in [3.05, 3.63) is 72.2 Å². The van der Waals surface area contributed by atoms with E-state index in [1.54, 1.807) is 36.5 Å². The Bertz CT molecular complexity index is 780. The van der Waals surface area contributed by atoms with Crippen LogP contribution < -0.4 is 5.32 Å². The highest BCUT2D eigenvalue weighted by Crippen LogP contribution is 2.18. The van der Waals surface area contributed by atoms with Crippen molar-refractivity contribution in [2.24, 2.45) is 0 Å². The van der Waals surface area contributed by atoms with Gasteiger partial charge in [0.1, 0.15) is 5.75 Å². The number of hydrogen-bond donors (Lipinski definition) is 2. The number of carbonyl (C=O) groups is 1. The number of benzene rings is 2. The Labute approximate surface area is 133 Å². The first-order valence-corrected chi connectivity index (χ1v) is 7.27. The van der Waals surface area contributed by atoms with Crippen LogP contribution in [-0.4, -0.2) is 22.5 Å². The van der Waals surface area contributed by atoms with Crippen LogP contribution in [-0.2, 0) is 6.42 Å². The van der Waals surface area contributed by atoms with Gasteiger partial charge in [0, 0.05) is 17.7 Å². The standard InChI is InChI=1S/C18H16N2O3/c21-16-3-1-2-13(10-16)8-9-20-18(22)15-6-4-14(5-7-15)17-11-19-12-23-17/h1-7,10-12,21H,8-9H2,(H,20,22). The maximum Gasteiger partial charge on any atom is 0.251 e. The first kappa shape index (κ1) is 14.8. The second-order valence-electron chi connectivity index (χ2n) is 5.12. The van der Waals surface area contributed by atoms with Crippen LogP contribution in [0.25, 0.3) is 11.3 Å². The fourth-order valence-corrected chi connectivity index (χ4v) is 2.28. The molecule has 0 aliphatic heterocycles. The molecule has 1 amide bonds. The van der Waals surface area contributed by atoms with Crippen molar-refractivity contribution in [3.8, 4) is 17.1 Å². The monoisotopic (exact) mass is 308 g/mol. The van der Waals surface area contributed by atoms with Crippen molar-refractivity contribution < 1.29 is 14.3 Å². The fourth-order valence-electron chi connectivity index (χ4n) is 2.28. The Hall–Kier alpha value is -3.08. The van der Waals surface area contributed by atoms with Crippen LogP contribution in [0.1, 0.15) is 15.9 Å². The highest BCUT2D eigenvalue weighted by molar-refractivity contribution is 5.94. The number of phenolic OH excluding ortho intramolecular Hbond substituents is 1. The minimum absolute atomic E-state index is 0.130. The average Bonchev–Trinajstić information content (AvgIpc) is 3.09.